The van der Waals surface area contributed by atoms with Gasteiger partial charge in [0.1, 0.15) is 0 Å². The van der Waals surface area contributed by atoms with Crippen LogP contribution < -0.4 is 4.90 Å². The Kier molecular flexibility index (Phi) is 9.89. The van der Waals surface area contributed by atoms with Gasteiger partial charge in [-0.25, -0.2) is 0 Å². The first-order chi connectivity index (χ1) is 32.7. The van der Waals surface area contributed by atoms with E-state index in [9.17, 15) is 0 Å². The highest BCUT2D eigenvalue weighted by atomic mass is 15.1. The van der Waals surface area contributed by atoms with Crippen LogP contribution in [0.15, 0.2) is 267 Å². The predicted molar refractivity (Wildman–Crippen MR) is 280 cm³/mol. The van der Waals surface area contributed by atoms with Crippen LogP contribution >= 0.6 is 0 Å². The highest BCUT2D eigenvalue weighted by molar-refractivity contribution is 6.25. The van der Waals surface area contributed by atoms with Crippen molar-refractivity contribution in [2.75, 3.05) is 4.90 Å². The number of anilines is 3. The Morgan fingerprint density at radius 1 is 0.258 bits per heavy atom. The molecular weight excluding hydrogens is 797 g/mol. The first-order valence-corrected chi connectivity index (χ1v) is 22.7. The lowest BCUT2D eigenvalue weighted by molar-refractivity contribution is 1.18. The van der Waals surface area contributed by atoms with Gasteiger partial charge in [0.2, 0.25) is 0 Å². The fraction of sp³-hybridized carbons (Fsp3) is 0. The first kappa shape index (κ1) is 38.9. The maximum absolute atomic E-state index is 2.42. The molecule has 12 aromatic rings. The van der Waals surface area contributed by atoms with Crippen LogP contribution in [0.3, 0.4) is 0 Å². The van der Waals surface area contributed by atoms with Gasteiger partial charge in [-0.15, -0.1) is 0 Å². The number of hydrogen-bond donors (Lipinski definition) is 0. The van der Waals surface area contributed by atoms with E-state index < -0.39 is 0 Å². The molecule has 0 fully saturated rings. The molecule has 0 radical (unpaired) electrons. The van der Waals surface area contributed by atoms with Crippen LogP contribution in [0.5, 0.6) is 0 Å². The number of aromatic nitrogens is 1. The molecule has 0 atom stereocenters. The summed E-state index contributed by atoms with van der Waals surface area (Å²) in [5.41, 5.74) is 18.7. The highest BCUT2D eigenvalue weighted by Crippen LogP contribution is 2.44. The molecular formula is C64H44N2. The summed E-state index contributed by atoms with van der Waals surface area (Å²) in [7, 11) is 0. The molecule has 0 amide bonds. The number of nitrogens with zero attached hydrogens (tertiary/aromatic N) is 2. The van der Waals surface area contributed by atoms with E-state index in [1.165, 1.54) is 82.6 Å². The Bertz CT molecular complexity index is 3660. The van der Waals surface area contributed by atoms with Crippen LogP contribution in [0.2, 0.25) is 0 Å². The summed E-state index contributed by atoms with van der Waals surface area (Å²) >= 11 is 0. The molecule has 1 aromatic heterocycles. The molecule has 0 unspecified atom stereocenters. The van der Waals surface area contributed by atoms with Crippen molar-refractivity contribution in [3.63, 3.8) is 0 Å². The summed E-state index contributed by atoms with van der Waals surface area (Å²) in [6, 6.07) is 96.8. The monoisotopic (exact) mass is 840 g/mol. The molecule has 2 nitrogen and oxygen atoms in total. The Morgan fingerprint density at radius 2 is 0.742 bits per heavy atom. The normalized spacial score (nSPS) is 11.3. The number of fused-ring (bicyclic) bond motifs is 5. The van der Waals surface area contributed by atoms with Gasteiger partial charge in [-0.1, -0.05) is 200 Å². The van der Waals surface area contributed by atoms with Crippen molar-refractivity contribution in [3.05, 3.63) is 267 Å². The van der Waals surface area contributed by atoms with Gasteiger partial charge in [-0.2, -0.15) is 0 Å². The lowest BCUT2D eigenvalue weighted by Crippen LogP contribution is -2.10. The lowest BCUT2D eigenvalue weighted by Gasteiger charge is -2.26. The number of para-hydroxylation sites is 1. The Hall–Kier alpha value is -8.72. The third-order valence-electron chi connectivity index (χ3n) is 13.0. The zero-order chi connectivity index (χ0) is 43.8. The fourth-order valence-electron chi connectivity index (χ4n) is 9.89. The molecule has 310 valence electrons. The van der Waals surface area contributed by atoms with Gasteiger partial charge in [0.25, 0.3) is 0 Å². The number of hydrogen-bond acceptors (Lipinski definition) is 1. The Labute approximate surface area is 385 Å². The minimum atomic E-state index is 1.08. The smallest absolute Gasteiger partial charge is 0.0547 e. The van der Waals surface area contributed by atoms with E-state index in [2.05, 4.69) is 276 Å². The second-order valence-electron chi connectivity index (χ2n) is 16.9. The van der Waals surface area contributed by atoms with Crippen LogP contribution in [0, 0.1) is 0 Å². The third-order valence-corrected chi connectivity index (χ3v) is 13.0. The number of rotatable bonds is 9. The molecule has 0 saturated heterocycles. The minimum Gasteiger partial charge on any atom is -0.310 e. The quantitative estimate of drug-likeness (QED) is 0.141. The van der Waals surface area contributed by atoms with Crippen molar-refractivity contribution in [2.45, 2.75) is 0 Å². The fourth-order valence-corrected chi connectivity index (χ4v) is 9.89. The molecule has 2 heteroatoms. The largest absolute Gasteiger partial charge is 0.310 e. The van der Waals surface area contributed by atoms with Gasteiger partial charge in [-0.3, -0.25) is 0 Å². The summed E-state index contributed by atoms with van der Waals surface area (Å²) < 4.78 is 2.42. The summed E-state index contributed by atoms with van der Waals surface area (Å²) in [5, 5.41) is 5.00. The maximum atomic E-state index is 2.42. The first-order valence-electron chi connectivity index (χ1n) is 22.7. The van der Waals surface area contributed by atoms with Crippen molar-refractivity contribution >= 4 is 49.6 Å². The van der Waals surface area contributed by atoms with E-state index in [0.29, 0.717) is 0 Å². The average molecular weight is 841 g/mol. The SMILES string of the molecule is c1ccc(-c2cccc(-c3ccc(N(c4ccc(-c5ccccc5-c5ccccc5)cc4)c4cccc(-c5cccc6c5c5c7ccccc7ccc5n6-c5ccccc5)c4)cc3)c2)cc1. The van der Waals surface area contributed by atoms with E-state index in [0.717, 1.165) is 28.3 Å². The zero-order valence-electron chi connectivity index (χ0n) is 36.3. The van der Waals surface area contributed by atoms with Crippen molar-refractivity contribution in [1.29, 1.82) is 0 Å². The van der Waals surface area contributed by atoms with Gasteiger partial charge in [0.05, 0.1) is 11.0 Å². The van der Waals surface area contributed by atoms with Crippen molar-refractivity contribution in [2.24, 2.45) is 0 Å². The van der Waals surface area contributed by atoms with Gasteiger partial charge in [0, 0.05) is 33.5 Å². The summed E-state index contributed by atoms with van der Waals surface area (Å²) in [5.74, 6) is 0. The van der Waals surface area contributed by atoms with Gasteiger partial charge < -0.3 is 9.47 Å². The summed E-state index contributed by atoms with van der Waals surface area (Å²) in [4.78, 5) is 2.39. The van der Waals surface area contributed by atoms with E-state index in [-0.39, 0.29) is 0 Å². The van der Waals surface area contributed by atoms with Crippen LogP contribution in [0.1, 0.15) is 0 Å². The third kappa shape index (κ3) is 7.02. The second kappa shape index (κ2) is 16.8. The van der Waals surface area contributed by atoms with Crippen LogP contribution in [-0.2, 0) is 0 Å². The van der Waals surface area contributed by atoms with E-state index in [1.807, 2.05) is 0 Å². The van der Waals surface area contributed by atoms with Gasteiger partial charge in [0.15, 0.2) is 0 Å². The molecule has 0 aliphatic carbocycles. The topological polar surface area (TPSA) is 8.17 Å². The van der Waals surface area contributed by atoms with Crippen molar-refractivity contribution < 1.29 is 0 Å². The van der Waals surface area contributed by atoms with E-state index >= 15 is 0 Å². The van der Waals surface area contributed by atoms with Gasteiger partial charge >= 0.3 is 0 Å². The molecule has 66 heavy (non-hydrogen) atoms. The zero-order valence-corrected chi connectivity index (χ0v) is 36.3. The molecule has 1 heterocycles. The Morgan fingerprint density at radius 3 is 1.44 bits per heavy atom. The van der Waals surface area contributed by atoms with Crippen LogP contribution in [-0.4, -0.2) is 4.57 Å². The molecule has 0 aliphatic rings. The van der Waals surface area contributed by atoms with E-state index in [4.69, 9.17) is 0 Å². The van der Waals surface area contributed by atoms with Crippen LogP contribution in [0.25, 0.3) is 93.9 Å². The number of benzene rings is 11. The van der Waals surface area contributed by atoms with Crippen molar-refractivity contribution in [3.8, 4) is 61.3 Å². The Balaban J connectivity index is 1.01. The molecule has 0 aliphatic heterocycles. The molecule has 11 aromatic carbocycles. The molecule has 0 N–H and O–H groups in total. The predicted octanol–water partition coefficient (Wildman–Crippen LogP) is 17.7. The molecule has 0 spiro atoms. The average Bonchev–Trinajstić information content (AvgIpc) is 3.75. The maximum Gasteiger partial charge on any atom is 0.0547 e. The van der Waals surface area contributed by atoms with Gasteiger partial charge in [-0.05, 0) is 133 Å². The highest BCUT2D eigenvalue weighted by Gasteiger charge is 2.20. The second-order valence-corrected chi connectivity index (χ2v) is 16.9. The van der Waals surface area contributed by atoms with Crippen molar-refractivity contribution in [1.82, 2.24) is 4.57 Å². The summed E-state index contributed by atoms with van der Waals surface area (Å²) in [6.07, 6.45) is 0. The standard InChI is InChI=1S/C64H44N2/c1-4-17-45(18-5-1)50-22-14-23-51(43-50)46-33-38-54(39-34-46)65(55-40-35-49(36-41-55)58-29-13-12-28-57(58)47-19-6-2-7-20-47)56-27-15-24-52(44-56)60-31-16-32-61-64(60)63-59-30-11-10-21-48(59)37-42-62(63)66(61)53-25-8-3-9-26-53/h1-44H. The van der Waals surface area contributed by atoms with Crippen LogP contribution in [0.4, 0.5) is 17.1 Å². The lowest BCUT2D eigenvalue weighted by atomic mass is 9.94. The molecule has 0 saturated carbocycles. The molecule has 0 bridgehead atoms. The molecule has 12 rings (SSSR count). The summed E-state index contributed by atoms with van der Waals surface area (Å²) in [6.45, 7) is 0. The van der Waals surface area contributed by atoms with E-state index in [1.54, 1.807) is 0 Å². The minimum absolute atomic E-state index is 1.08.